The lowest BCUT2D eigenvalue weighted by Gasteiger charge is -1.96. The van der Waals surface area contributed by atoms with Crippen LogP contribution in [-0.4, -0.2) is 32.0 Å². The summed E-state index contributed by atoms with van der Waals surface area (Å²) in [5.41, 5.74) is 0. The van der Waals surface area contributed by atoms with Crippen molar-refractivity contribution in [2.45, 2.75) is 12.8 Å². The highest BCUT2D eigenvalue weighted by molar-refractivity contribution is 6.18. The van der Waals surface area contributed by atoms with Gasteiger partial charge < -0.3 is 0 Å². The van der Waals surface area contributed by atoms with Gasteiger partial charge in [0.15, 0.2) is 0 Å². The molecule has 7 heteroatoms. The van der Waals surface area contributed by atoms with Crippen LogP contribution < -0.4 is 5.32 Å². The second-order valence-corrected chi connectivity index (χ2v) is 2.82. The molecule has 0 aliphatic carbocycles. The number of anilines is 1. The molecule has 1 rings (SSSR count). The smallest absolute Gasteiger partial charge is 0.270 e. The number of hydrogen-bond donors (Lipinski definition) is 1. The largest absolute Gasteiger partial charge is 0.292 e. The number of aryl methyl sites for hydroxylation is 1. The first-order chi connectivity index (χ1) is 6.22. The molecule has 0 saturated carbocycles. The van der Waals surface area contributed by atoms with E-state index in [1.54, 1.807) is 7.05 Å². The van der Waals surface area contributed by atoms with Crippen LogP contribution in [0.3, 0.4) is 0 Å². The summed E-state index contributed by atoms with van der Waals surface area (Å²) < 4.78 is 0. The summed E-state index contributed by atoms with van der Waals surface area (Å²) >= 11 is 5.42. The maximum Gasteiger partial charge on any atom is 0.270 e. The Hall–Kier alpha value is -1.17. The van der Waals surface area contributed by atoms with Crippen LogP contribution in [0, 0.1) is 0 Å². The summed E-state index contributed by atoms with van der Waals surface area (Å²) in [7, 11) is 1.63. The van der Waals surface area contributed by atoms with Crippen molar-refractivity contribution in [3.8, 4) is 0 Å². The average molecular weight is 204 g/mol. The number of carbonyl (C=O) groups is 1. The first-order valence-electron chi connectivity index (χ1n) is 3.82. The van der Waals surface area contributed by atoms with E-state index in [0.29, 0.717) is 18.7 Å². The van der Waals surface area contributed by atoms with Crippen LogP contribution in [0.25, 0.3) is 0 Å². The maximum atomic E-state index is 11.1. The second kappa shape index (κ2) is 4.76. The third-order valence-electron chi connectivity index (χ3n) is 1.30. The topological polar surface area (TPSA) is 72.7 Å². The molecule has 0 aliphatic rings. The summed E-state index contributed by atoms with van der Waals surface area (Å²) in [6, 6.07) is 0. The molecule has 0 radical (unpaired) electrons. The number of carbonyl (C=O) groups excluding carboxylic acids is 1. The van der Waals surface area contributed by atoms with Crippen molar-refractivity contribution in [2.24, 2.45) is 7.05 Å². The van der Waals surface area contributed by atoms with E-state index >= 15 is 0 Å². The Kier molecular flexibility index (Phi) is 3.63. The van der Waals surface area contributed by atoms with Gasteiger partial charge in [0.2, 0.25) is 5.91 Å². The number of amides is 1. The number of halogens is 1. The minimum atomic E-state index is -0.145. The molecule has 0 aliphatic heterocycles. The van der Waals surface area contributed by atoms with Crippen LogP contribution in [0.5, 0.6) is 0 Å². The van der Waals surface area contributed by atoms with Crippen LogP contribution in [-0.2, 0) is 11.8 Å². The summed E-state index contributed by atoms with van der Waals surface area (Å²) in [5.74, 6) is 0.553. The van der Waals surface area contributed by atoms with E-state index in [4.69, 9.17) is 11.6 Å². The van der Waals surface area contributed by atoms with Crippen molar-refractivity contribution in [2.75, 3.05) is 11.2 Å². The number of nitrogens with zero attached hydrogens (tertiary/aromatic N) is 4. The van der Waals surface area contributed by atoms with Crippen molar-refractivity contribution in [1.82, 2.24) is 20.2 Å². The molecular weight excluding hydrogens is 194 g/mol. The zero-order chi connectivity index (χ0) is 9.68. The fourth-order valence-corrected chi connectivity index (χ4v) is 0.882. The maximum absolute atomic E-state index is 11.1. The number of aromatic nitrogens is 4. The lowest BCUT2D eigenvalue weighted by molar-refractivity contribution is -0.116. The van der Waals surface area contributed by atoms with E-state index in [-0.39, 0.29) is 11.9 Å². The number of tetrazole rings is 1. The molecule has 1 N–H and O–H groups in total. The fraction of sp³-hybridized carbons (Fsp3) is 0.667. The Morgan fingerprint density at radius 3 is 3.00 bits per heavy atom. The molecule has 0 aromatic carbocycles. The highest BCUT2D eigenvalue weighted by Gasteiger charge is 2.05. The van der Waals surface area contributed by atoms with Gasteiger partial charge in [-0.3, -0.25) is 10.1 Å². The van der Waals surface area contributed by atoms with Gasteiger partial charge in [-0.25, -0.2) is 0 Å². The normalized spacial score (nSPS) is 10.0. The summed E-state index contributed by atoms with van der Waals surface area (Å²) in [6.07, 6.45) is 1.02. The van der Waals surface area contributed by atoms with Crippen LogP contribution in [0.1, 0.15) is 12.8 Å². The van der Waals surface area contributed by atoms with E-state index in [9.17, 15) is 4.79 Å². The van der Waals surface area contributed by atoms with Crippen molar-refractivity contribution in [3.05, 3.63) is 0 Å². The van der Waals surface area contributed by atoms with Gasteiger partial charge >= 0.3 is 0 Å². The molecule has 1 aromatic heterocycles. The first-order valence-corrected chi connectivity index (χ1v) is 4.35. The van der Waals surface area contributed by atoms with Crippen molar-refractivity contribution >= 4 is 23.5 Å². The lowest BCUT2D eigenvalue weighted by atomic mass is 10.3. The van der Waals surface area contributed by atoms with Gasteiger partial charge in [0.1, 0.15) is 0 Å². The van der Waals surface area contributed by atoms with Crippen molar-refractivity contribution < 1.29 is 4.79 Å². The molecule has 1 heterocycles. The molecule has 0 atom stereocenters. The molecular formula is C6H10ClN5O. The summed E-state index contributed by atoms with van der Waals surface area (Å²) in [5, 5.41) is 13.4. The standard InChI is InChI=1S/C6H10ClN5O/c1-12-10-6(9-11-12)8-5(13)3-2-4-7/h2-4H2,1H3,(H,8,10,13). The Balaban J connectivity index is 2.36. The molecule has 0 bridgehead atoms. The van der Waals surface area contributed by atoms with Gasteiger partial charge in [-0.2, -0.15) is 4.80 Å². The molecule has 1 aromatic rings. The van der Waals surface area contributed by atoms with Crippen LogP contribution in [0.4, 0.5) is 5.95 Å². The van der Waals surface area contributed by atoms with Gasteiger partial charge in [0.25, 0.3) is 5.95 Å². The third kappa shape index (κ3) is 3.37. The van der Waals surface area contributed by atoms with E-state index in [2.05, 4.69) is 20.7 Å². The minimum Gasteiger partial charge on any atom is -0.292 e. The van der Waals surface area contributed by atoms with E-state index in [0.717, 1.165) is 0 Å². The zero-order valence-corrected chi connectivity index (χ0v) is 7.95. The van der Waals surface area contributed by atoms with E-state index < -0.39 is 0 Å². The monoisotopic (exact) mass is 203 g/mol. The van der Waals surface area contributed by atoms with Gasteiger partial charge in [-0.1, -0.05) is 5.10 Å². The lowest BCUT2D eigenvalue weighted by Crippen LogP contribution is -2.12. The van der Waals surface area contributed by atoms with Gasteiger partial charge in [-0.05, 0) is 11.6 Å². The Morgan fingerprint density at radius 2 is 2.46 bits per heavy atom. The van der Waals surface area contributed by atoms with Crippen LogP contribution in [0.15, 0.2) is 0 Å². The SMILES string of the molecule is Cn1nnc(NC(=O)CCCCl)n1. The van der Waals surface area contributed by atoms with Gasteiger partial charge in [0.05, 0.1) is 7.05 Å². The summed E-state index contributed by atoms with van der Waals surface area (Å²) in [6.45, 7) is 0. The Bertz CT molecular complexity index is 286. The molecule has 6 nitrogen and oxygen atoms in total. The van der Waals surface area contributed by atoms with Crippen molar-refractivity contribution in [3.63, 3.8) is 0 Å². The van der Waals surface area contributed by atoms with Gasteiger partial charge in [-0.15, -0.1) is 16.7 Å². The van der Waals surface area contributed by atoms with Crippen LogP contribution in [0.2, 0.25) is 0 Å². The highest BCUT2D eigenvalue weighted by atomic mass is 35.5. The number of rotatable bonds is 4. The number of hydrogen-bond acceptors (Lipinski definition) is 4. The third-order valence-corrected chi connectivity index (χ3v) is 1.56. The molecule has 72 valence electrons. The highest BCUT2D eigenvalue weighted by Crippen LogP contribution is 1.97. The quantitative estimate of drug-likeness (QED) is 0.708. The van der Waals surface area contributed by atoms with Gasteiger partial charge in [0, 0.05) is 12.3 Å². The predicted octanol–water partition coefficient (Wildman–Crippen LogP) is 0.168. The van der Waals surface area contributed by atoms with E-state index in [1.807, 2.05) is 0 Å². The fourth-order valence-electron chi connectivity index (χ4n) is 0.749. The second-order valence-electron chi connectivity index (χ2n) is 2.44. The number of alkyl halides is 1. The number of nitrogens with one attached hydrogen (secondary N) is 1. The molecule has 0 fully saturated rings. The molecule has 0 spiro atoms. The molecule has 13 heavy (non-hydrogen) atoms. The molecule has 1 amide bonds. The zero-order valence-electron chi connectivity index (χ0n) is 7.20. The van der Waals surface area contributed by atoms with E-state index in [1.165, 1.54) is 4.80 Å². The Morgan fingerprint density at radius 1 is 1.69 bits per heavy atom. The Labute approximate surface area is 80.3 Å². The predicted molar refractivity (Wildman–Crippen MR) is 47.4 cm³/mol. The summed E-state index contributed by atoms with van der Waals surface area (Å²) in [4.78, 5) is 12.4. The average Bonchev–Trinajstić information content (AvgIpc) is 2.48. The minimum absolute atomic E-state index is 0.145. The first kappa shape index (κ1) is 9.91. The molecule has 0 unspecified atom stereocenters. The van der Waals surface area contributed by atoms with Crippen molar-refractivity contribution in [1.29, 1.82) is 0 Å². The molecule has 0 saturated heterocycles. The van der Waals surface area contributed by atoms with Crippen LogP contribution >= 0.6 is 11.6 Å².